The molecular formula is C20H27N5O. The van der Waals surface area contributed by atoms with Crippen molar-refractivity contribution in [1.29, 1.82) is 0 Å². The van der Waals surface area contributed by atoms with Crippen molar-refractivity contribution in [2.45, 2.75) is 51.7 Å². The van der Waals surface area contributed by atoms with E-state index in [0.717, 1.165) is 36.5 Å². The van der Waals surface area contributed by atoms with Gasteiger partial charge in [0.2, 0.25) is 0 Å². The number of anilines is 1. The average Bonchev–Trinajstić information content (AvgIpc) is 3.09. The van der Waals surface area contributed by atoms with Crippen molar-refractivity contribution in [2.75, 3.05) is 18.4 Å². The first-order valence-electron chi connectivity index (χ1n) is 9.62. The molecule has 4 rings (SSSR count). The lowest BCUT2D eigenvalue weighted by molar-refractivity contribution is 0.102. The van der Waals surface area contributed by atoms with Gasteiger partial charge in [0.1, 0.15) is 0 Å². The summed E-state index contributed by atoms with van der Waals surface area (Å²) in [6.07, 6.45) is 4.81. The van der Waals surface area contributed by atoms with Crippen LogP contribution < -0.4 is 10.6 Å². The summed E-state index contributed by atoms with van der Waals surface area (Å²) < 4.78 is 0. The maximum Gasteiger partial charge on any atom is 0.276 e. The zero-order chi connectivity index (χ0) is 17.9. The lowest BCUT2D eigenvalue weighted by Gasteiger charge is -2.33. The number of aromatic nitrogens is 2. The van der Waals surface area contributed by atoms with Gasteiger partial charge in [0.25, 0.3) is 5.91 Å². The maximum atomic E-state index is 12.6. The molecule has 1 unspecified atom stereocenters. The summed E-state index contributed by atoms with van der Waals surface area (Å²) in [5.74, 6) is -0.149. The van der Waals surface area contributed by atoms with Crippen molar-refractivity contribution in [2.24, 2.45) is 0 Å². The van der Waals surface area contributed by atoms with Gasteiger partial charge in [0.05, 0.1) is 0 Å². The molecule has 0 bridgehead atoms. The Hall–Kier alpha value is -2.18. The first kappa shape index (κ1) is 17.2. The number of hydrogen-bond donors (Lipinski definition) is 3. The largest absolute Gasteiger partial charge is 0.321 e. The zero-order valence-electron chi connectivity index (χ0n) is 15.3. The Morgan fingerprint density at radius 1 is 1.31 bits per heavy atom. The molecule has 1 saturated heterocycles. The third-order valence-corrected chi connectivity index (χ3v) is 5.56. The zero-order valence-corrected chi connectivity index (χ0v) is 15.3. The van der Waals surface area contributed by atoms with Gasteiger partial charge in [-0.1, -0.05) is 18.6 Å². The standard InChI is InChI=1S/C20H27N5O/c1-14-4-2-3-11-25(14)13-15-5-7-16(8-6-15)22-20(26)19-17-12-21-10-9-18(17)23-24-19/h5-8,14,21H,2-4,9-13H2,1H3,(H,22,26)(H,23,24). The quantitative estimate of drug-likeness (QED) is 0.790. The molecule has 0 spiro atoms. The molecule has 1 atom stereocenters. The second-order valence-electron chi connectivity index (χ2n) is 7.42. The minimum absolute atomic E-state index is 0.149. The molecule has 2 aliphatic rings. The molecule has 3 N–H and O–H groups in total. The molecule has 2 aromatic rings. The molecule has 2 aliphatic heterocycles. The fourth-order valence-corrected chi connectivity index (χ4v) is 3.92. The Balaban J connectivity index is 1.39. The average molecular weight is 353 g/mol. The van der Waals surface area contributed by atoms with E-state index in [1.54, 1.807) is 0 Å². The number of piperidine rings is 1. The van der Waals surface area contributed by atoms with E-state index in [0.29, 0.717) is 18.3 Å². The van der Waals surface area contributed by atoms with Crippen LogP contribution in [0.1, 0.15) is 53.5 Å². The highest BCUT2D eigenvalue weighted by molar-refractivity contribution is 6.04. The number of fused-ring (bicyclic) bond motifs is 1. The lowest BCUT2D eigenvalue weighted by Crippen LogP contribution is -2.36. The fourth-order valence-electron chi connectivity index (χ4n) is 3.92. The Kier molecular flexibility index (Phi) is 5.04. The second kappa shape index (κ2) is 7.60. The predicted octanol–water partition coefficient (Wildman–Crippen LogP) is 2.68. The molecule has 1 fully saturated rings. The number of hydrogen-bond acceptors (Lipinski definition) is 4. The van der Waals surface area contributed by atoms with Gasteiger partial charge >= 0.3 is 0 Å². The monoisotopic (exact) mass is 353 g/mol. The van der Waals surface area contributed by atoms with Crippen LogP contribution in [0, 0.1) is 0 Å². The molecule has 0 saturated carbocycles. The van der Waals surface area contributed by atoms with Crippen LogP contribution in [0.3, 0.4) is 0 Å². The lowest BCUT2D eigenvalue weighted by atomic mass is 10.0. The van der Waals surface area contributed by atoms with Gasteiger partial charge in [0.15, 0.2) is 5.69 Å². The van der Waals surface area contributed by atoms with E-state index >= 15 is 0 Å². The topological polar surface area (TPSA) is 73.0 Å². The molecular weight excluding hydrogens is 326 g/mol. The number of nitrogens with zero attached hydrogens (tertiary/aromatic N) is 2. The summed E-state index contributed by atoms with van der Waals surface area (Å²) in [5.41, 5.74) is 4.66. The summed E-state index contributed by atoms with van der Waals surface area (Å²) in [7, 11) is 0. The summed E-state index contributed by atoms with van der Waals surface area (Å²) >= 11 is 0. The van der Waals surface area contributed by atoms with Crippen molar-refractivity contribution in [1.82, 2.24) is 20.4 Å². The Morgan fingerprint density at radius 2 is 2.15 bits per heavy atom. The smallest absolute Gasteiger partial charge is 0.276 e. The number of benzene rings is 1. The van der Waals surface area contributed by atoms with E-state index in [9.17, 15) is 4.79 Å². The van der Waals surface area contributed by atoms with Crippen LogP contribution in [0.25, 0.3) is 0 Å². The summed E-state index contributed by atoms with van der Waals surface area (Å²) in [6.45, 7) is 6.09. The van der Waals surface area contributed by atoms with Crippen LogP contribution in [0.15, 0.2) is 24.3 Å². The minimum atomic E-state index is -0.149. The van der Waals surface area contributed by atoms with E-state index in [-0.39, 0.29) is 5.91 Å². The molecule has 3 heterocycles. The highest BCUT2D eigenvalue weighted by atomic mass is 16.1. The van der Waals surface area contributed by atoms with Gasteiger partial charge < -0.3 is 10.6 Å². The first-order valence-corrected chi connectivity index (χ1v) is 9.62. The molecule has 6 nitrogen and oxygen atoms in total. The van der Waals surface area contributed by atoms with Gasteiger partial charge in [-0.05, 0) is 44.0 Å². The highest BCUT2D eigenvalue weighted by Gasteiger charge is 2.22. The molecule has 138 valence electrons. The van der Waals surface area contributed by atoms with Crippen molar-refractivity contribution < 1.29 is 4.79 Å². The Morgan fingerprint density at radius 3 is 2.96 bits per heavy atom. The van der Waals surface area contributed by atoms with Gasteiger partial charge in [0, 0.05) is 49.0 Å². The molecule has 1 aromatic heterocycles. The normalized spacial score (nSPS) is 20.6. The highest BCUT2D eigenvalue weighted by Crippen LogP contribution is 2.21. The van der Waals surface area contributed by atoms with Gasteiger partial charge in [-0.15, -0.1) is 0 Å². The van der Waals surface area contributed by atoms with Crippen molar-refractivity contribution in [3.63, 3.8) is 0 Å². The Labute approximate surface area is 154 Å². The van der Waals surface area contributed by atoms with Gasteiger partial charge in [-0.3, -0.25) is 14.8 Å². The summed E-state index contributed by atoms with van der Waals surface area (Å²) in [6, 6.07) is 8.85. The molecule has 6 heteroatoms. The SMILES string of the molecule is CC1CCCCN1Cc1ccc(NC(=O)c2n[nH]c3c2CNCC3)cc1. The molecule has 1 amide bonds. The van der Waals surface area contributed by atoms with Crippen LogP contribution in [-0.4, -0.2) is 40.1 Å². The molecule has 0 aliphatic carbocycles. The second-order valence-corrected chi connectivity index (χ2v) is 7.42. The van der Waals surface area contributed by atoms with Crippen LogP contribution >= 0.6 is 0 Å². The first-order chi connectivity index (χ1) is 12.7. The number of amides is 1. The minimum Gasteiger partial charge on any atom is -0.321 e. The third-order valence-electron chi connectivity index (χ3n) is 5.56. The number of nitrogens with one attached hydrogen (secondary N) is 3. The van der Waals surface area contributed by atoms with Crippen molar-refractivity contribution in [3.05, 3.63) is 46.8 Å². The molecule has 1 aromatic carbocycles. The van der Waals surface area contributed by atoms with E-state index in [1.165, 1.54) is 31.4 Å². The number of carbonyl (C=O) groups excluding carboxylic acids is 1. The molecule has 26 heavy (non-hydrogen) atoms. The number of aromatic amines is 1. The Bertz CT molecular complexity index is 767. The maximum absolute atomic E-state index is 12.6. The van der Waals surface area contributed by atoms with Crippen molar-refractivity contribution in [3.8, 4) is 0 Å². The van der Waals surface area contributed by atoms with Crippen LogP contribution in [0.4, 0.5) is 5.69 Å². The number of H-pyrrole nitrogens is 1. The van der Waals surface area contributed by atoms with Crippen molar-refractivity contribution >= 4 is 11.6 Å². The predicted molar refractivity (Wildman–Crippen MR) is 102 cm³/mol. The fraction of sp³-hybridized carbons (Fsp3) is 0.500. The van der Waals surface area contributed by atoms with Gasteiger partial charge in [-0.25, -0.2) is 0 Å². The van der Waals surface area contributed by atoms with Crippen LogP contribution in [-0.2, 0) is 19.5 Å². The summed E-state index contributed by atoms with van der Waals surface area (Å²) in [4.78, 5) is 15.1. The third kappa shape index (κ3) is 3.66. The molecule has 0 radical (unpaired) electrons. The van der Waals surface area contributed by atoms with E-state index in [1.807, 2.05) is 12.1 Å². The van der Waals surface area contributed by atoms with Crippen LogP contribution in [0.2, 0.25) is 0 Å². The van der Waals surface area contributed by atoms with E-state index in [4.69, 9.17) is 0 Å². The number of rotatable bonds is 4. The van der Waals surface area contributed by atoms with E-state index < -0.39 is 0 Å². The number of carbonyl (C=O) groups is 1. The summed E-state index contributed by atoms with van der Waals surface area (Å²) in [5, 5.41) is 13.5. The van der Waals surface area contributed by atoms with Gasteiger partial charge in [-0.2, -0.15) is 5.10 Å². The number of likely N-dealkylation sites (tertiary alicyclic amines) is 1. The van der Waals surface area contributed by atoms with E-state index in [2.05, 4.69) is 44.8 Å². The van der Waals surface area contributed by atoms with Crippen LogP contribution in [0.5, 0.6) is 0 Å².